The first kappa shape index (κ1) is 12.1. The average Bonchev–Trinajstić information content (AvgIpc) is 2.33. The van der Waals surface area contributed by atoms with Gasteiger partial charge in [-0.1, -0.05) is 18.2 Å². The third-order valence-corrected chi connectivity index (χ3v) is 2.04. The molecule has 1 amide bonds. The van der Waals surface area contributed by atoms with E-state index in [4.69, 9.17) is 0 Å². The Morgan fingerprint density at radius 1 is 1.44 bits per heavy atom. The number of carbonyl (C=O) groups excluding carboxylic acids is 2. The molecule has 1 aromatic rings. The first-order valence-corrected chi connectivity index (χ1v) is 5.08. The number of nitrogens with one attached hydrogen (secondary N) is 1. The zero-order valence-electron chi connectivity index (χ0n) is 8.86. The number of hydrogen-bond acceptors (Lipinski definition) is 3. The van der Waals surface area contributed by atoms with Crippen LogP contribution in [-0.2, 0) is 20.8 Å². The summed E-state index contributed by atoms with van der Waals surface area (Å²) in [6, 6.07) is 11.4. The summed E-state index contributed by atoms with van der Waals surface area (Å²) in [6.07, 6.45) is 3.17. The Labute approximate surface area is 94.6 Å². The molecule has 1 N–H and O–H groups in total. The summed E-state index contributed by atoms with van der Waals surface area (Å²) in [7, 11) is 0. The van der Waals surface area contributed by atoms with Crippen LogP contribution in [0.25, 0.3) is 0 Å². The van der Waals surface area contributed by atoms with Crippen LogP contribution < -0.4 is 5.48 Å². The predicted octanol–water partition coefficient (Wildman–Crippen LogP) is 1.20. The van der Waals surface area contributed by atoms with Crippen LogP contribution in [0.1, 0.15) is 24.8 Å². The number of aryl methyl sites for hydroxylation is 1. The molecule has 0 fully saturated rings. The predicted molar refractivity (Wildman–Crippen MR) is 57.0 cm³/mol. The third kappa shape index (κ3) is 5.01. The fraction of sp³-hybridized carbons (Fsp3) is 0.333. The summed E-state index contributed by atoms with van der Waals surface area (Å²) >= 11 is 0. The molecule has 1 aromatic carbocycles. The van der Waals surface area contributed by atoms with Crippen LogP contribution in [0.5, 0.6) is 0 Å². The summed E-state index contributed by atoms with van der Waals surface area (Å²) in [6.45, 7) is 0. The molecule has 0 saturated heterocycles. The van der Waals surface area contributed by atoms with Crippen molar-refractivity contribution in [2.45, 2.75) is 25.7 Å². The standard InChI is InChI=1S/C12H13NO3/c14-10-13-16-12(15)9-5-4-8-11-6-2-1-3-7-11/h2,6-7,10H,4-5,8-9H2,(H,13,14). The molecule has 0 atom stereocenters. The van der Waals surface area contributed by atoms with E-state index in [1.807, 2.05) is 23.7 Å². The molecule has 4 nitrogen and oxygen atoms in total. The molecule has 0 saturated carbocycles. The fourth-order valence-electron chi connectivity index (χ4n) is 1.27. The van der Waals surface area contributed by atoms with Crippen molar-refractivity contribution in [3.8, 4) is 0 Å². The minimum absolute atomic E-state index is 0.309. The SMILES string of the molecule is O=CNOC(=O)CCCCc1cc#ccc1. The second kappa shape index (κ2) is 7.30. The maximum Gasteiger partial charge on any atom is 0.332 e. The van der Waals surface area contributed by atoms with E-state index in [1.54, 1.807) is 0 Å². The van der Waals surface area contributed by atoms with Crippen molar-refractivity contribution in [1.82, 2.24) is 5.48 Å². The molecule has 84 valence electrons. The highest BCUT2D eigenvalue weighted by molar-refractivity contribution is 5.70. The molecular weight excluding hydrogens is 206 g/mol. The third-order valence-electron chi connectivity index (χ3n) is 2.04. The largest absolute Gasteiger partial charge is 0.341 e. The Balaban J connectivity index is 2.08. The summed E-state index contributed by atoms with van der Waals surface area (Å²) in [5.74, 6) is -0.417. The average molecular weight is 219 g/mol. The van der Waals surface area contributed by atoms with E-state index in [1.165, 1.54) is 5.56 Å². The van der Waals surface area contributed by atoms with Gasteiger partial charge in [-0.3, -0.25) is 4.79 Å². The minimum Gasteiger partial charge on any atom is -0.341 e. The van der Waals surface area contributed by atoms with Crippen molar-refractivity contribution < 1.29 is 14.4 Å². The number of hydroxylamine groups is 1. The van der Waals surface area contributed by atoms with Gasteiger partial charge in [0.25, 0.3) is 0 Å². The van der Waals surface area contributed by atoms with Crippen LogP contribution in [0, 0.1) is 12.1 Å². The fourth-order valence-corrected chi connectivity index (χ4v) is 1.27. The lowest BCUT2D eigenvalue weighted by Gasteiger charge is -2.01. The molecule has 0 radical (unpaired) electrons. The van der Waals surface area contributed by atoms with Gasteiger partial charge in [-0.05, 0) is 37.0 Å². The van der Waals surface area contributed by atoms with Crippen molar-refractivity contribution >= 4 is 12.4 Å². The summed E-state index contributed by atoms with van der Waals surface area (Å²) in [5, 5.41) is 0. The first-order valence-electron chi connectivity index (χ1n) is 5.08. The lowest BCUT2D eigenvalue weighted by Crippen LogP contribution is -2.17. The van der Waals surface area contributed by atoms with Crippen LogP contribution in [0.4, 0.5) is 0 Å². The molecule has 0 aliphatic heterocycles. The van der Waals surface area contributed by atoms with Gasteiger partial charge in [0, 0.05) is 6.42 Å². The van der Waals surface area contributed by atoms with Crippen molar-refractivity contribution in [3.05, 3.63) is 35.9 Å². The van der Waals surface area contributed by atoms with Crippen molar-refractivity contribution in [2.24, 2.45) is 0 Å². The number of amides is 1. The van der Waals surface area contributed by atoms with Gasteiger partial charge in [-0.2, -0.15) is 5.48 Å². The number of unbranched alkanes of at least 4 members (excludes halogenated alkanes) is 1. The van der Waals surface area contributed by atoms with Crippen molar-refractivity contribution in [2.75, 3.05) is 0 Å². The molecule has 0 spiro atoms. The van der Waals surface area contributed by atoms with E-state index in [0.29, 0.717) is 12.8 Å². The Kier molecular flexibility index (Phi) is 5.49. The molecule has 16 heavy (non-hydrogen) atoms. The molecule has 0 aromatic heterocycles. The van der Waals surface area contributed by atoms with E-state index in [0.717, 1.165) is 19.3 Å². The molecule has 0 aliphatic carbocycles. The van der Waals surface area contributed by atoms with Gasteiger partial charge >= 0.3 is 5.97 Å². The normalized spacial score (nSPS) is 9.00. The van der Waals surface area contributed by atoms with E-state index in [-0.39, 0.29) is 0 Å². The number of rotatable bonds is 7. The molecule has 0 unspecified atom stereocenters. The molecule has 0 bridgehead atoms. The molecular formula is C12H13NO3. The van der Waals surface area contributed by atoms with E-state index < -0.39 is 5.97 Å². The molecule has 0 aliphatic rings. The maximum atomic E-state index is 11.0. The van der Waals surface area contributed by atoms with Crippen molar-refractivity contribution in [3.63, 3.8) is 0 Å². The van der Waals surface area contributed by atoms with Gasteiger partial charge in [0.2, 0.25) is 6.41 Å². The lowest BCUT2D eigenvalue weighted by atomic mass is 10.1. The molecule has 0 heterocycles. The van der Waals surface area contributed by atoms with E-state index >= 15 is 0 Å². The summed E-state index contributed by atoms with van der Waals surface area (Å²) in [5.41, 5.74) is 3.05. The molecule has 4 heteroatoms. The van der Waals surface area contributed by atoms with Crippen LogP contribution >= 0.6 is 0 Å². The highest BCUT2D eigenvalue weighted by Gasteiger charge is 2.02. The highest BCUT2D eigenvalue weighted by atomic mass is 16.7. The van der Waals surface area contributed by atoms with Gasteiger partial charge < -0.3 is 4.84 Å². The Morgan fingerprint density at radius 2 is 2.31 bits per heavy atom. The summed E-state index contributed by atoms with van der Waals surface area (Å²) in [4.78, 5) is 25.2. The Bertz CT molecular complexity index is 324. The lowest BCUT2D eigenvalue weighted by molar-refractivity contribution is -0.154. The second-order valence-corrected chi connectivity index (χ2v) is 3.26. The number of carbonyl (C=O) groups is 2. The first-order chi connectivity index (χ1) is 7.83. The van der Waals surface area contributed by atoms with Crippen LogP contribution in [-0.4, -0.2) is 12.4 Å². The van der Waals surface area contributed by atoms with Gasteiger partial charge in [0.15, 0.2) is 0 Å². The zero-order valence-corrected chi connectivity index (χ0v) is 8.86. The maximum absolute atomic E-state index is 11.0. The van der Waals surface area contributed by atoms with Gasteiger partial charge in [-0.15, -0.1) is 0 Å². The summed E-state index contributed by atoms with van der Waals surface area (Å²) < 4.78 is 0. The molecule has 1 rings (SSSR count). The van der Waals surface area contributed by atoms with Gasteiger partial charge in [0.1, 0.15) is 0 Å². The van der Waals surface area contributed by atoms with Crippen LogP contribution in [0.3, 0.4) is 0 Å². The topological polar surface area (TPSA) is 55.4 Å². The highest BCUT2D eigenvalue weighted by Crippen LogP contribution is 2.05. The second-order valence-electron chi connectivity index (χ2n) is 3.26. The Hall–Kier alpha value is -2.02. The van der Waals surface area contributed by atoms with E-state index in [9.17, 15) is 9.59 Å². The zero-order chi connectivity index (χ0) is 11.6. The van der Waals surface area contributed by atoms with Crippen molar-refractivity contribution in [1.29, 1.82) is 0 Å². The van der Waals surface area contributed by atoms with Gasteiger partial charge in [0.05, 0.1) is 0 Å². The monoisotopic (exact) mass is 219 g/mol. The minimum atomic E-state index is -0.417. The smallest absolute Gasteiger partial charge is 0.332 e. The van der Waals surface area contributed by atoms with Gasteiger partial charge in [-0.25, -0.2) is 4.79 Å². The van der Waals surface area contributed by atoms with Crippen LogP contribution in [0.15, 0.2) is 18.2 Å². The van der Waals surface area contributed by atoms with E-state index in [2.05, 4.69) is 17.0 Å². The number of hydrogen-bond donors (Lipinski definition) is 1. The van der Waals surface area contributed by atoms with Crippen LogP contribution in [0.2, 0.25) is 0 Å². The Morgan fingerprint density at radius 3 is 3.00 bits per heavy atom. The quantitative estimate of drug-likeness (QED) is 0.426.